The largest absolute Gasteiger partial charge is 0.325 e. The Kier molecular flexibility index (Phi) is 6.20. The van der Waals surface area contributed by atoms with Crippen molar-refractivity contribution in [3.05, 3.63) is 92.9 Å². The summed E-state index contributed by atoms with van der Waals surface area (Å²) in [5, 5.41) is 3.49. The number of para-hydroxylation sites is 2. The molecule has 0 radical (unpaired) electrons. The fourth-order valence-corrected chi connectivity index (χ4v) is 4.42. The lowest BCUT2D eigenvalue weighted by Gasteiger charge is -2.14. The number of hydrogen-bond donors (Lipinski definition) is 1. The van der Waals surface area contributed by atoms with Crippen LogP contribution in [0.15, 0.2) is 81.2 Å². The molecule has 0 saturated carbocycles. The highest BCUT2D eigenvalue weighted by Crippen LogP contribution is 2.24. The molecule has 4 aromatic rings. The first kappa shape index (κ1) is 21.3. The van der Waals surface area contributed by atoms with E-state index in [1.54, 1.807) is 36.4 Å². The Morgan fingerprint density at radius 3 is 2.65 bits per heavy atom. The number of halogens is 2. The standard InChI is InChI=1S/C23H17BrFN3O2S/c1-14-12-15(24)10-11-18(14)26-21(29)13-31-23-27-19-8-4-2-6-16(19)22(30)28(23)20-9-5-3-7-17(20)25/h2-12H,13H2,1H3,(H,26,29). The third kappa shape index (κ3) is 4.55. The van der Waals surface area contributed by atoms with Gasteiger partial charge in [-0.2, -0.15) is 0 Å². The Balaban J connectivity index is 1.68. The van der Waals surface area contributed by atoms with Gasteiger partial charge in [-0.3, -0.25) is 14.2 Å². The number of benzene rings is 3. The van der Waals surface area contributed by atoms with E-state index in [2.05, 4.69) is 26.2 Å². The molecule has 0 spiro atoms. The van der Waals surface area contributed by atoms with Crippen LogP contribution in [0.4, 0.5) is 10.1 Å². The van der Waals surface area contributed by atoms with Crippen molar-refractivity contribution in [1.82, 2.24) is 9.55 Å². The van der Waals surface area contributed by atoms with Crippen LogP contribution in [0.1, 0.15) is 5.56 Å². The molecule has 0 atom stereocenters. The number of amides is 1. The van der Waals surface area contributed by atoms with Crippen LogP contribution in [-0.4, -0.2) is 21.2 Å². The SMILES string of the molecule is Cc1cc(Br)ccc1NC(=O)CSc1nc2ccccc2c(=O)n1-c1ccccc1F. The van der Waals surface area contributed by atoms with Crippen LogP contribution in [0.25, 0.3) is 16.6 Å². The molecular weight excluding hydrogens is 481 g/mol. The minimum Gasteiger partial charge on any atom is -0.325 e. The zero-order valence-electron chi connectivity index (χ0n) is 16.4. The van der Waals surface area contributed by atoms with Gasteiger partial charge in [0.2, 0.25) is 5.91 Å². The molecule has 3 aromatic carbocycles. The molecule has 5 nitrogen and oxygen atoms in total. The molecule has 0 unspecified atom stereocenters. The molecule has 1 heterocycles. The van der Waals surface area contributed by atoms with Crippen LogP contribution in [0, 0.1) is 12.7 Å². The molecular formula is C23H17BrFN3O2S. The van der Waals surface area contributed by atoms with E-state index in [4.69, 9.17) is 0 Å². The first-order valence-electron chi connectivity index (χ1n) is 9.39. The fraction of sp³-hybridized carbons (Fsp3) is 0.0870. The summed E-state index contributed by atoms with van der Waals surface area (Å²) in [5.41, 5.74) is 1.82. The average molecular weight is 498 g/mol. The van der Waals surface area contributed by atoms with Crippen LogP contribution >= 0.6 is 27.7 Å². The number of thioether (sulfide) groups is 1. The minimum absolute atomic E-state index is 0.00867. The van der Waals surface area contributed by atoms with Crippen LogP contribution in [0.2, 0.25) is 0 Å². The number of anilines is 1. The number of fused-ring (bicyclic) bond motifs is 1. The summed E-state index contributed by atoms with van der Waals surface area (Å²) in [7, 11) is 0. The second-order valence-electron chi connectivity index (χ2n) is 6.80. The van der Waals surface area contributed by atoms with Gasteiger partial charge < -0.3 is 5.32 Å². The van der Waals surface area contributed by atoms with E-state index in [1.165, 1.54) is 16.7 Å². The molecule has 1 N–H and O–H groups in total. The zero-order valence-corrected chi connectivity index (χ0v) is 18.8. The lowest BCUT2D eigenvalue weighted by molar-refractivity contribution is -0.113. The maximum absolute atomic E-state index is 14.5. The highest BCUT2D eigenvalue weighted by atomic mass is 79.9. The van der Waals surface area contributed by atoms with E-state index >= 15 is 0 Å². The third-order valence-corrected chi connectivity index (χ3v) is 6.07. The quantitative estimate of drug-likeness (QED) is 0.299. The summed E-state index contributed by atoms with van der Waals surface area (Å²) in [4.78, 5) is 30.2. The van der Waals surface area contributed by atoms with Gasteiger partial charge in [0.15, 0.2) is 5.16 Å². The first-order chi connectivity index (χ1) is 14.9. The molecule has 156 valence electrons. The molecule has 4 rings (SSSR count). The molecule has 0 fully saturated rings. The van der Waals surface area contributed by atoms with Crippen LogP contribution in [0.3, 0.4) is 0 Å². The second kappa shape index (κ2) is 9.03. The maximum atomic E-state index is 14.5. The van der Waals surface area contributed by atoms with E-state index in [0.29, 0.717) is 16.6 Å². The van der Waals surface area contributed by atoms with Gasteiger partial charge in [-0.25, -0.2) is 9.37 Å². The number of carbonyl (C=O) groups excluding carboxylic acids is 1. The molecule has 0 saturated heterocycles. The summed E-state index contributed by atoms with van der Waals surface area (Å²) in [5.74, 6) is -0.786. The van der Waals surface area contributed by atoms with Gasteiger partial charge in [-0.15, -0.1) is 0 Å². The van der Waals surface area contributed by atoms with Gasteiger partial charge in [0.1, 0.15) is 5.82 Å². The van der Waals surface area contributed by atoms with Gasteiger partial charge in [0.05, 0.1) is 22.3 Å². The van der Waals surface area contributed by atoms with Crippen molar-refractivity contribution >= 4 is 50.2 Å². The van der Waals surface area contributed by atoms with Crippen molar-refractivity contribution in [3.8, 4) is 5.69 Å². The smallest absolute Gasteiger partial charge is 0.266 e. The molecule has 0 aliphatic heterocycles. The highest BCUT2D eigenvalue weighted by Gasteiger charge is 2.17. The van der Waals surface area contributed by atoms with Crippen molar-refractivity contribution in [2.75, 3.05) is 11.1 Å². The van der Waals surface area contributed by atoms with Gasteiger partial charge in [-0.05, 0) is 55.0 Å². The first-order valence-corrected chi connectivity index (χ1v) is 11.2. The van der Waals surface area contributed by atoms with Gasteiger partial charge in [0, 0.05) is 10.2 Å². The van der Waals surface area contributed by atoms with Crippen molar-refractivity contribution in [2.24, 2.45) is 0 Å². The zero-order chi connectivity index (χ0) is 22.0. The molecule has 0 aliphatic rings. The van der Waals surface area contributed by atoms with Crippen molar-refractivity contribution in [1.29, 1.82) is 0 Å². The summed E-state index contributed by atoms with van der Waals surface area (Å²) in [6.45, 7) is 1.90. The number of rotatable bonds is 5. The minimum atomic E-state index is -0.543. The number of carbonyl (C=O) groups is 1. The predicted molar refractivity (Wildman–Crippen MR) is 126 cm³/mol. The van der Waals surface area contributed by atoms with Gasteiger partial charge in [0.25, 0.3) is 5.56 Å². The van der Waals surface area contributed by atoms with Crippen LogP contribution < -0.4 is 10.9 Å². The van der Waals surface area contributed by atoms with E-state index in [9.17, 15) is 14.0 Å². The molecule has 8 heteroatoms. The Morgan fingerprint density at radius 1 is 1.13 bits per heavy atom. The number of aryl methyl sites for hydroxylation is 1. The van der Waals surface area contributed by atoms with Crippen molar-refractivity contribution < 1.29 is 9.18 Å². The van der Waals surface area contributed by atoms with Gasteiger partial charge in [-0.1, -0.05) is 52.0 Å². The number of nitrogens with zero attached hydrogens (tertiary/aromatic N) is 2. The van der Waals surface area contributed by atoms with Crippen molar-refractivity contribution in [3.63, 3.8) is 0 Å². The van der Waals surface area contributed by atoms with E-state index in [-0.39, 0.29) is 28.1 Å². The summed E-state index contributed by atoms with van der Waals surface area (Å²) >= 11 is 4.48. The molecule has 1 amide bonds. The Hall–Kier alpha value is -2.97. The van der Waals surface area contributed by atoms with E-state index < -0.39 is 5.82 Å². The fourth-order valence-electron chi connectivity index (χ4n) is 3.14. The molecule has 0 bridgehead atoms. The predicted octanol–water partition coefficient (Wildman–Crippen LogP) is 5.33. The summed E-state index contributed by atoms with van der Waals surface area (Å²) < 4.78 is 16.7. The third-order valence-electron chi connectivity index (χ3n) is 4.63. The molecule has 31 heavy (non-hydrogen) atoms. The van der Waals surface area contributed by atoms with E-state index in [0.717, 1.165) is 21.8 Å². The monoisotopic (exact) mass is 497 g/mol. The topological polar surface area (TPSA) is 64.0 Å². The Bertz CT molecular complexity index is 1360. The molecule has 1 aromatic heterocycles. The maximum Gasteiger partial charge on any atom is 0.266 e. The summed E-state index contributed by atoms with van der Waals surface area (Å²) in [6.07, 6.45) is 0. The second-order valence-corrected chi connectivity index (χ2v) is 8.66. The lowest BCUT2D eigenvalue weighted by Crippen LogP contribution is -2.23. The number of hydrogen-bond acceptors (Lipinski definition) is 4. The number of nitrogens with one attached hydrogen (secondary N) is 1. The number of aromatic nitrogens is 2. The normalized spacial score (nSPS) is 10.9. The van der Waals surface area contributed by atoms with Gasteiger partial charge >= 0.3 is 0 Å². The summed E-state index contributed by atoms with van der Waals surface area (Å²) in [6, 6.07) is 18.5. The highest BCUT2D eigenvalue weighted by molar-refractivity contribution is 9.10. The Labute approximate surface area is 190 Å². The van der Waals surface area contributed by atoms with Crippen molar-refractivity contribution in [2.45, 2.75) is 12.1 Å². The average Bonchev–Trinajstić information content (AvgIpc) is 2.75. The van der Waals surface area contributed by atoms with E-state index in [1.807, 2.05) is 25.1 Å². The lowest BCUT2D eigenvalue weighted by atomic mass is 10.2. The molecule has 0 aliphatic carbocycles. The van der Waals surface area contributed by atoms with Crippen LogP contribution in [0.5, 0.6) is 0 Å². The van der Waals surface area contributed by atoms with Crippen LogP contribution in [-0.2, 0) is 4.79 Å². The Morgan fingerprint density at radius 2 is 1.87 bits per heavy atom.